The Morgan fingerprint density at radius 1 is 1.75 bits per heavy atom. The summed E-state index contributed by atoms with van der Waals surface area (Å²) < 4.78 is 0. The highest BCUT2D eigenvalue weighted by molar-refractivity contribution is 5.47. The fourth-order valence-electron chi connectivity index (χ4n) is 1.69. The van der Waals surface area contributed by atoms with Crippen molar-refractivity contribution < 1.29 is 4.79 Å². The molecule has 1 aliphatic heterocycles. The second-order valence-corrected chi connectivity index (χ2v) is 3.06. The predicted molar refractivity (Wildman–Crippen MR) is 48.5 cm³/mol. The highest BCUT2D eigenvalue weighted by Crippen LogP contribution is 2.15. The summed E-state index contributed by atoms with van der Waals surface area (Å²) in [5.74, 6) is 0. The molecule has 0 aromatic heterocycles. The molecule has 0 bridgehead atoms. The summed E-state index contributed by atoms with van der Waals surface area (Å²) in [6, 6.07) is 0.490. The minimum atomic E-state index is 0.490. The summed E-state index contributed by atoms with van der Waals surface area (Å²) >= 11 is 0. The molecule has 1 N–H and O–H groups in total. The number of carbonyl (C=O) groups excluding carboxylic acids is 1. The van der Waals surface area contributed by atoms with Gasteiger partial charge in [0.05, 0.1) is 0 Å². The first-order valence-corrected chi connectivity index (χ1v) is 4.33. The molecular formula is C9H15N2O. The minimum absolute atomic E-state index is 0.490. The van der Waals surface area contributed by atoms with Gasteiger partial charge in [0, 0.05) is 19.1 Å². The summed E-state index contributed by atoms with van der Waals surface area (Å²) in [4.78, 5) is 12.3. The molecule has 3 heteroatoms. The largest absolute Gasteiger partial charge is 0.346 e. The summed E-state index contributed by atoms with van der Waals surface area (Å²) in [5, 5.41) is 2.60. The zero-order valence-corrected chi connectivity index (χ0v) is 7.25. The van der Waals surface area contributed by atoms with E-state index in [-0.39, 0.29) is 0 Å². The Bertz CT molecular complexity index is 159. The minimum Gasteiger partial charge on any atom is -0.346 e. The Labute approximate surface area is 73.4 Å². The van der Waals surface area contributed by atoms with E-state index in [1.54, 1.807) is 6.41 Å². The van der Waals surface area contributed by atoms with Crippen LogP contribution in [0.5, 0.6) is 0 Å². The molecule has 0 aliphatic carbocycles. The maximum atomic E-state index is 9.95. The van der Waals surface area contributed by atoms with Gasteiger partial charge < -0.3 is 5.32 Å². The SMILES string of the molecule is C=CCN1CCCC1CN[C]=O. The topological polar surface area (TPSA) is 32.3 Å². The van der Waals surface area contributed by atoms with E-state index in [0.717, 1.165) is 19.6 Å². The molecule has 67 valence electrons. The van der Waals surface area contributed by atoms with Crippen LogP contribution in [0.2, 0.25) is 0 Å². The van der Waals surface area contributed by atoms with Gasteiger partial charge in [-0.1, -0.05) is 6.08 Å². The maximum Gasteiger partial charge on any atom is 0.309 e. The fourth-order valence-corrected chi connectivity index (χ4v) is 1.69. The van der Waals surface area contributed by atoms with Gasteiger partial charge in [0.1, 0.15) is 0 Å². The highest BCUT2D eigenvalue weighted by atomic mass is 16.1. The molecule has 1 atom stereocenters. The van der Waals surface area contributed by atoms with E-state index < -0.39 is 0 Å². The molecule has 1 amide bonds. The second kappa shape index (κ2) is 4.93. The Kier molecular flexibility index (Phi) is 3.80. The first-order valence-electron chi connectivity index (χ1n) is 4.33. The van der Waals surface area contributed by atoms with Crippen molar-refractivity contribution in [3.8, 4) is 0 Å². The average Bonchev–Trinajstić information content (AvgIpc) is 2.50. The van der Waals surface area contributed by atoms with Gasteiger partial charge in [0.2, 0.25) is 0 Å². The smallest absolute Gasteiger partial charge is 0.309 e. The Morgan fingerprint density at radius 3 is 3.25 bits per heavy atom. The summed E-state index contributed by atoms with van der Waals surface area (Å²) in [5.41, 5.74) is 0. The third-order valence-electron chi connectivity index (χ3n) is 2.27. The fraction of sp³-hybridized carbons (Fsp3) is 0.667. The lowest BCUT2D eigenvalue weighted by Gasteiger charge is -2.21. The van der Waals surface area contributed by atoms with Crippen molar-refractivity contribution in [1.29, 1.82) is 0 Å². The normalized spacial score (nSPS) is 23.8. The molecule has 1 saturated heterocycles. The molecule has 1 rings (SSSR count). The number of hydrogen-bond donors (Lipinski definition) is 1. The van der Waals surface area contributed by atoms with Crippen molar-refractivity contribution in [2.45, 2.75) is 18.9 Å². The van der Waals surface area contributed by atoms with Crippen LogP contribution in [0.4, 0.5) is 0 Å². The lowest BCUT2D eigenvalue weighted by Crippen LogP contribution is -2.37. The van der Waals surface area contributed by atoms with E-state index in [1.165, 1.54) is 12.8 Å². The van der Waals surface area contributed by atoms with E-state index in [2.05, 4.69) is 16.8 Å². The van der Waals surface area contributed by atoms with Gasteiger partial charge in [-0.25, -0.2) is 0 Å². The molecule has 0 aromatic rings. The summed E-state index contributed by atoms with van der Waals surface area (Å²) in [7, 11) is 0. The van der Waals surface area contributed by atoms with Crippen LogP contribution in [-0.2, 0) is 4.79 Å². The van der Waals surface area contributed by atoms with Crippen LogP contribution in [0.3, 0.4) is 0 Å². The lowest BCUT2D eigenvalue weighted by molar-refractivity contribution is 0.280. The zero-order chi connectivity index (χ0) is 8.81. The number of hydrogen-bond acceptors (Lipinski definition) is 2. The van der Waals surface area contributed by atoms with Crippen LogP contribution < -0.4 is 5.32 Å². The quantitative estimate of drug-likeness (QED) is 0.471. The number of nitrogens with zero attached hydrogens (tertiary/aromatic N) is 1. The van der Waals surface area contributed by atoms with Crippen molar-refractivity contribution >= 4 is 6.41 Å². The standard InChI is InChI=1S/C9H15N2O/c1-2-5-11-6-3-4-9(11)7-10-8-12/h2,9H,1,3-7H2,(H,10,12). The molecule has 1 unspecified atom stereocenters. The van der Waals surface area contributed by atoms with Crippen molar-refractivity contribution in [2.75, 3.05) is 19.6 Å². The van der Waals surface area contributed by atoms with Gasteiger partial charge in [-0.2, -0.15) is 0 Å². The molecule has 12 heavy (non-hydrogen) atoms. The highest BCUT2D eigenvalue weighted by Gasteiger charge is 2.22. The number of amides is 1. The van der Waals surface area contributed by atoms with Crippen molar-refractivity contribution in [2.24, 2.45) is 0 Å². The van der Waals surface area contributed by atoms with Gasteiger partial charge in [-0.15, -0.1) is 6.58 Å². The first-order chi connectivity index (χ1) is 5.88. The van der Waals surface area contributed by atoms with Gasteiger partial charge in [0.15, 0.2) is 0 Å². The molecule has 1 heterocycles. The molecule has 3 nitrogen and oxygen atoms in total. The van der Waals surface area contributed by atoms with Crippen molar-refractivity contribution in [3.63, 3.8) is 0 Å². The van der Waals surface area contributed by atoms with Crippen molar-refractivity contribution in [1.82, 2.24) is 10.2 Å². The van der Waals surface area contributed by atoms with Gasteiger partial charge >= 0.3 is 6.41 Å². The third kappa shape index (κ3) is 2.34. The first kappa shape index (κ1) is 9.26. The van der Waals surface area contributed by atoms with Crippen LogP contribution >= 0.6 is 0 Å². The van der Waals surface area contributed by atoms with Gasteiger partial charge in [0.25, 0.3) is 0 Å². The predicted octanol–water partition coefficient (Wildman–Crippen LogP) is 0.294. The monoisotopic (exact) mass is 167 g/mol. The number of likely N-dealkylation sites (tertiary alicyclic amines) is 1. The summed E-state index contributed by atoms with van der Waals surface area (Å²) in [6.45, 7) is 6.46. The van der Waals surface area contributed by atoms with E-state index in [0.29, 0.717) is 6.04 Å². The lowest BCUT2D eigenvalue weighted by atomic mass is 10.2. The van der Waals surface area contributed by atoms with E-state index in [4.69, 9.17) is 0 Å². The number of nitrogens with one attached hydrogen (secondary N) is 1. The third-order valence-corrected chi connectivity index (χ3v) is 2.27. The Morgan fingerprint density at radius 2 is 2.58 bits per heavy atom. The molecule has 1 fully saturated rings. The Hall–Kier alpha value is -0.830. The van der Waals surface area contributed by atoms with Crippen LogP contribution in [-0.4, -0.2) is 37.0 Å². The molecule has 0 saturated carbocycles. The summed E-state index contributed by atoms with van der Waals surface area (Å²) in [6.07, 6.45) is 6.00. The Balaban J connectivity index is 2.29. The van der Waals surface area contributed by atoms with E-state index in [9.17, 15) is 4.79 Å². The van der Waals surface area contributed by atoms with Gasteiger partial charge in [-0.05, 0) is 19.4 Å². The maximum absolute atomic E-state index is 9.95. The molecule has 0 spiro atoms. The average molecular weight is 167 g/mol. The molecule has 1 radical (unpaired) electrons. The van der Waals surface area contributed by atoms with Crippen LogP contribution in [0.1, 0.15) is 12.8 Å². The van der Waals surface area contributed by atoms with Crippen LogP contribution in [0.25, 0.3) is 0 Å². The molecule has 1 aliphatic rings. The second-order valence-electron chi connectivity index (χ2n) is 3.06. The number of rotatable bonds is 5. The molecular weight excluding hydrogens is 152 g/mol. The van der Waals surface area contributed by atoms with E-state index >= 15 is 0 Å². The van der Waals surface area contributed by atoms with Crippen molar-refractivity contribution in [3.05, 3.63) is 12.7 Å². The van der Waals surface area contributed by atoms with Crippen LogP contribution in [0, 0.1) is 0 Å². The zero-order valence-electron chi connectivity index (χ0n) is 7.25. The van der Waals surface area contributed by atoms with Gasteiger partial charge in [-0.3, -0.25) is 9.69 Å². The van der Waals surface area contributed by atoms with Crippen LogP contribution in [0.15, 0.2) is 12.7 Å². The molecule has 0 aromatic carbocycles. The van der Waals surface area contributed by atoms with E-state index in [1.807, 2.05) is 6.08 Å².